The minimum atomic E-state index is -2.99. The minimum Gasteiger partial charge on any atom is -0.507 e. The monoisotopic (exact) mass is 952 g/mol. The number of imidazole rings is 1. The van der Waals surface area contributed by atoms with Gasteiger partial charge >= 0.3 is 0 Å². The summed E-state index contributed by atoms with van der Waals surface area (Å²) in [6.45, 7) is 8.63. The molecule has 0 saturated heterocycles. The van der Waals surface area contributed by atoms with Crippen molar-refractivity contribution in [1.82, 2.24) is 14.5 Å². The molecule has 0 fully saturated rings. The van der Waals surface area contributed by atoms with E-state index in [0.29, 0.717) is 50.4 Å². The van der Waals surface area contributed by atoms with Gasteiger partial charge in [0.25, 0.3) is 0 Å². The largest absolute Gasteiger partial charge is 0.507 e. The van der Waals surface area contributed by atoms with Gasteiger partial charge < -0.3 is 5.11 Å². The normalized spacial score (nSPS) is 15.5. The van der Waals surface area contributed by atoms with E-state index in [1.54, 1.807) is 24.3 Å². The van der Waals surface area contributed by atoms with Gasteiger partial charge in [-0.15, -0.1) is 29.3 Å². The molecule has 0 spiro atoms. The number of aromatic nitrogens is 3. The number of fused-ring (bicyclic) bond motifs is 1. The van der Waals surface area contributed by atoms with Gasteiger partial charge in [0.15, 0.2) is 0 Å². The molecule has 0 radical (unpaired) electrons. The molecule has 0 aliphatic rings. The zero-order valence-corrected chi connectivity index (χ0v) is 35.5. The van der Waals surface area contributed by atoms with Crippen LogP contribution in [0.1, 0.15) is 87.2 Å². The first-order valence-electron chi connectivity index (χ1n) is 25.2. The molecule has 8 rings (SSSR count). The van der Waals surface area contributed by atoms with E-state index in [9.17, 15) is 6.48 Å². The Morgan fingerprint density at radius 2 is 1.38 bits per heavy atom. The van der Waals surface area contributed by atoms with E-state index >= 15 is 0 Å². The van der Waals surface area contributed by atoms with Gasteiger partial charge in [0.05, 0.1) is 31.9 Å². The van der Waals surface area contributed by atoms with Crippen LogP contribution in [0.2, 0.25) is 0 Å². The molecule has 0 atom stereocenters. The average Bonchev–Trinajstić information content (AvgIpc) is 3.67. The van der Waals surface area contributed by atoms with Crippen molar-refractivity contribution in [3.8, 4) is 67.5 Å². The number of phenolic OH excluding ortho intramolecular Hbond substituents is 1. The smallest absolute Gasteiger partial charge is 0.148 e. The van der Waals surface area contributed by atoms with Gasteiger partial charge in [-0.05, 0) is 89.6 Å². The fourth-order valence-electron chi connectivity index (χ4n) is 6.99. The number of hydrogen-bond donors (Lipinski definition) is 1. The molecule has 2 heterocycles. The molecule has 58 heavy (non-hydrogen) atoms. The number of rotatable bonds is 6. The first-order chi connectivity index (χ1) is 32.5. The number of phenols is 1. The number of benzene rings is 6. The Labute approximate surface area is 376 Å². The third kappa shape index (κ3) is 7.83. The van der Waals surface area contributed by atoms with Crippen molar-refractivity contribution in [3.63, 3.8) is 0 Å². The number of hydrogen-bond acceptors (Lipinski definition) is 3. The third-order valence-corrected chi connectivity index (χ3v) is 10.2. The van der Waals surface area contributed by atoms with Crippen LogP contribution in [0.3, 0.4) is 0 Å². The van der Waals surface area contributed by atoms with Gasteiger partial charge in [0, 0.05) is 46.7 Å². The Hall–Kier alpha value is -5.57. The van der Waals surface area contributed by atoms with E-state index in [2.05, 4.69) is 31.8 Å². The molecule has 5 heteroatoms. The van der Waals surface area contributed by atoms with Crippen LogP contribution in [0.15, 0.2) is 133 Å². The quantitative estimate of drug-likeness (QED) is 0.169. The van der Waals surface area contributed by atoms with E-state index in [4.69, 9.17) is 21.4 Å². The summed E-state index contributed by atoms with van der Waals surface area (Å²) in [4.78, 5) is 9.75. The molecule has 0 unspecified atom stereocenters. The molecule has 294 valence electrons. The second-order valence-electron chi connectivity index (χ2n) is 16.4. The Morgan fingerprint density at radius 1 is 0.672 bits per heavy atom. The maximum atomic E-state index is 12.0. The van der Waals surface area contributed by atoms with Crippen LogP contribution in [0, 0.1) is 26.7 Å². The Balaban J connectivity index is 0.00000741. The van der Waals surface area contributed by atoms with E-state index in [1.165, 1.54) is 0 Å². The van der Waals surface area contributed by atoms with Crippen LogP contribution in [0.25, 0.3) is 72.7 Å². The molecular weight excluding hydrogens is 890 g/mol. The van der Waals surface area contributed by atoms with Crippen LogP contribution in [0.5, 0.6) is 5.75 Å². The zero-order chi connectivity index (χ0) is 51.3. The second-order valence-corrected chi connectivity index (χ2v) is 16.4. The Morgan fingerprint density at radius 3 is 2.09 bits per heavy atom. The van der Waals surface area contributed by atoms with E-state index in [-0.39, 0.29) is 49.1 Å². The summed E-state index contributed by atoms with van der Waals surface area (Å²) in [6.07, 6.45) is -0.620. The molecule has 0 amide bonds. The first-order valence-corrected chi connectivity index (χ1v) is 18.7. The Kier molecular flexibility index (Phi) is 7.33. The van der Waals surface area contributed by atoms with Crippen molar-refractivity contribution in [2.75, 3.05) is 0 Å². The summed E-state index contributed by atoms with van der Waals surface area (Å²) in [5.74, 6) is 0.382. The van der Waals surface area contributed by atoms with Gasteiger partial charge in [0.2, 0.25) is 0 Å². The summed E-state index contributed by atoms with van der Waals surface area (Å²) < 4.78 is 113. The molecular formula is C53H50N3OPt-. The van der Waals surface area contributed by atoms with Crippen molar-refractivity contribution in [2.24, 2.45) is 0 Å². The molecule has 0 saturated carbocycles. The maximum absolute atomic E-state index is 12.0. The van der Waals surface area contributed by atoms with Crippen LogP contribution < -0.4 is 0 Å². The zero-order valence-electron chi connectivity index (χ0n) is 46.3. The number of nitrogens with zero attached hydrogens (tertiary/aromatic N) is 3. The van der Waals surface area contributed by atoms with Gasteiger partial charge in [-0.2, -0.15) is 0 Å². The van der Waals surface area contributed by atoms with Gasteiger partial charge in [-0.3, -0.25) is 9.55 Å². The molecule has 2 aromatic heterocycles. The summed E-state index contributed by atoms with van der Waals surface area (Å²) in [6, 6.07) is 26.6. The SMILES string of the molecule is [2H]c1nc(-c2[c-]c(-c3cccc4c3nc(-c3cc(C(C)(C)C)cc(C)c3O)n4-c3ccc(C([2H])([2H])[2H])cc3-c3ccccc3)cc(C(C)(C)C)c2)c([2H])c(-c2c([2H])c([2H])c(C([2H])([2H])[2H])c([2H])c2[2H])c1[2H].[Pt]. The number of aryl methyl sites for hydroxylation is 2. The van der Waals surface area contributed by atoms with Gasteiger partial charge in [-0.25, -0.2) is 4.98 Å². The van der Waals surface area contributed by atoms with Crippen LogP contribution in [-0.4, -0.2) is 19.6 Å². The average molecular weight is 953 g/mol. The third-order valence-electron chi connectivity index (χ3n) is 10.2. The van der Waals surface area contributed by atoms with E-state index < -0.39 is 78.2 Å². The molecule has 8 aromatic rings. The summed E-state index contributed by atoms with van der Waals surface area (Å²) in [7, 11) is 0. The molecule has 6 aromatic carbocycles. The van der Waals surface area contributed by atoms with Crippen molar-refractivity contribution >= 4 is 11.0 Å². The maximum Gasteiger partial charge on any atom is 0.148 e. The fraction of sp³-hybridized carbons (Fsp3) is 0.208. The molecule has 0 bridgehead atoms. The number of pyridine rings is 1. The molecule has 0 aliphatic carbocycles. The topological polar surface area (TPSA) is 50.9 Å². The first kappa shape index (κ1) is 27.2. The van der Waals surface area contributed by atoms with Crippen molar-refractivity contribution in [2.45, 2.75) is 73.0 Å². The molecule has 1 N–H and O–H groups in total. The molecule has 4 nitrogen and oxygen atoms in total. The van der Waals surface area contributed by atoms with Gasteiger partial charge in [0.1, 0.15) is 11.6 Å². The van der Waals surface area contributed by atoms with Crippen molar-refractivity contribution < 1.29 is 44.0 Å². The summed E-state index contributed by atoms with van der Waals surface area (Å²) in [5.41, 5.74) is 4.48. The van der Waals surface area contributed by atoms with Crippen LogP contribution in [0.4, 0.5) is 0 Å². The summed E-state index contributed by atoms with van der Waals surface area (Å²) >= 11 is 0. The van der Waals surface area contributed by atoms with E-state index in [1.807, 2.05) is 99.0 Å². The standard InChI is InChI=1S/C53H50N3O.Pt/c1-33-18-21-36(22-19-33)38-24-25-54-46(31-38)40-28-39(29-42(30-40)53(7,8)9)43-16-13-17-48-49(43)55-51(45-32-41(52(4,5)6)27-35(3)50(45)57)56(48)47-23-20-34(2)26-44(47)37-14-11-10-12-15-37;/h10-27,29-32,57H,1-9H3;/q-1;/i1D3,2D3,18D,19D,21D,22D,24D,25D,31D;. The second kappa shape index (κ2) is 15.6. The van der Waals surface area contributed by atoms with Crippen molar-refractivity contribution in [1.29, 1.82) is 0 Å². The predicted molar refractivity (Wildman–Crippen MR) is 238 cm³/mol. The van der Waals surface area contributed by atoms with Crippen LogP contribution in [-0.2, 0) is 31.9 Å². The van der Waals surface area contributed by atoms with E-state index in [0.717, 1.165) is 16.7 Å². The summed E-state index contributed by atoms with van der Waals surface area (Å²) in [5, 5.41) is 12.0. The Bertz CT molecular complexity index is 3390. The van der Waals surface area contributed by atoms with Gasteiger partial charge in [-0.1, -0.05) is 149 Å². The minimum absolute atomic E-state index is 0. The predicted octanol–water partition coefficient (Wildman–Crippen LogP) is 13.8. The van der Waals surface area contributed by atoms with Crippen LogP contribution >= 0.6 is 0 Å². The number of para-hydroxylation sites is 1. The molecule has 0 aliphatic heterocycles. The number of aromatic hydroxyl groups is 1. The fourth-order valence-corrected chi connectivity index (χ4v) is 6.99. The van der Waals surface area contributed by atoms with Crippen molar-refractivity contribution in [3.05, 3.63) is 167 Å².